The van der Waals surface area contributed by atoms with Crippen LogP contribution in [0, 0.1) is 0 Å². The first-order chi connectivity index (χ1) is 9.04. The van der Waals surface area contributed by atoms with E-state index in [1.165, 1.54) is 0 Å². The molecule has 0 heterocycles. The molecule has 0 aliphatic rings. The van der Waals surface area contributed by atoms with E-state index in [1.54, 1.807) is 31.4 Å². The van der Waals surface area contributed by atoms with Gasteiger partial charge in [-0.3, -0.25) is 4.79 Å². The van der Waals surface area contributed by atoms with Crippen molar-refractivity contribution in [3.8, 4) is 5.75 Å². The Bertz CT molecular complexity index is 402. The summed E-state index contributed by atoms with van der Waals surface area (Å²) < 4.78 is 5.06. The Hall–Kier alpha value is -1.55. The van der Waals surface area contributed by atoms with Gasteiger partial charge in [0.05, 0.1) is 7.11 Å². The lowest BCUT2D eigenvalue weighted by Crippen LogP contribution is -2.41. The fourth-order valence-corrected chi connectivity index (χ4v) is 2.08. The summed E-state index contributed by atoms with van der Waals surface area (Å²) in [5.74, 6) is -0.0179. The molecule has 0 aromatic heterocycles. The van der Waals surface area contributed by atoms with Crippen molar-refractivity contribution < 1.29 is 14.6 Å². The van der Waals surface area contributed by atoms with Gasteiger partial charge >= 0.3 is 0 Å². The predicted molar refractivity (Wildman–Crippen MR) is 74.8 cm³/mol. The summed E-state index contributed by atoms with van der Waals surface area (Å²) in [6.45, 7) is 2.11. The van der Waals surface area contributed by atoms with Gasteiger partial charge in [0.2, 0.25) is 0 Å². The zero-order valence-corrected chi connectivity index (χ0v) is 11.7. The summed E-state index contributed by atoms with van der Waals surface area (Å²) in [5.41, 5.74) is 4.31. The average molecular weight is 265 g/mol. The highest BCUT2D eigenvalue weighted by atomic mass is 16.5. The summed E-state index contributed by atoms with van der Waals surface area (Å²) in [4.78, 5) is 11.6. The summed E-state index contributed by atoms with van der Waals surface area (Å²) in [6, 6.07) is 6.80. The van der Waals surface area contributed by atoms with Crippen LogP contribution >= 0.6 is 0 Å². The molecule has 1 rings (SSSR count). The Kier molecular flexibility index (Phi) is 5.83. The number of amides is 1. The third-order valence-electron chi connectivity index (χ3n) is 3.37. The van der Waals surface area contributed by atoms with Crippen LogP contribution in [0.1, 0.15) is 44.6 Å². The fraction of sp³-hybridized carbons (Fsp3) is 0.533. The van der Waals surface area contributed by atoms with E-state index >= 15 is 0 Å². The SMILES string of the molecule is CCCCCCC(O)(C(N)=O)c1ccc(OC)cc1. The molecule has 0 radical (unpaired) electrons. The van der Waals surface area contributed by atoms with Crippen LogP contribution in [0.3, 0.4) is 0 Å². The minimum atomic E-state index is -1.58. The van der Waals surface area contributed by atoms with Crippen LogP contribution in [-0.4, -0.2) is 18.1 Å². The van der Waals surface area contributed by atoms with E-state index in [0.717, 1.165) is 25.7 Å². The van der Waals surface area contributed by atoms with Gasteiger partial charge in [0, 0.05) is 0 Å². The zero-order valence-electron chi connectivity index (χ0n) is 11.7. The zero-order chi connectivity index (χ0) is 14.3. The van der Waals surface area contributed by atoms with Crippen LogP contribution in [-0.2, 0) is 10.4 Å². The maximum absolute atomic E-state index is 11.6. The molecular formula is C15H23NO3. The number of aliphatic hydroxyl groups is 1. The largest absolute Gasteiger partial charge is 0.497 e. The van der Waals surface area contributed by atoms with Gasteiger partial charge in [0.25, 0.3) is 5.91 Å². The van der Waals surface area contributed by atoms with Gasteiger partial charge in [-0.15, -0.1) is 0 Å². The van der Waals surface area contributed by atoms with Crippen molar-refractivity contribution in [2.24, 2.45) is 5.73 Å². The summed E-state index contributed by atoms with van der Waals surface area (Å²) >= 11 is 0. The van der Waals surface area contributed by atoms with Gasteiger partial charge in [-0.05, 0) is 30.5 Å². The quantitative estimate of drug-likeness (QED) is 0.709. The third kappa shape index (κ3) is 3.96. The van der Waals surface area contributed by atoms with E-state index in [2.05, 4.69) is 6.92 Å². The van der Waals surface area contributed by atoms with E-state index in [9.17, 15) is 9.90 Å². The summed E-state index contributed by atoms with van der Waals surface area (Å²) in [6.07, 6.45) is 4.32. The molecule has 3 N–H and O–H groups in total. The van der Waals surface area contributed by atoms with Crippen molar-refractivity contribution >= 4 is 5.91 Å². The Morgan fingerprint density at radius 3 is 2.37 bits per heavy atom. The number of ether oxygens (including phenoxy) is 1. The minimum Gasteiger partial charge on any atom is -0.497 e. The molecule has 1 atom stereocenters. The fourth-order valence-electron chi connectivity index (χ4n) is 2.08. The highest BCUT2D eigenvalue weighted by Crippen LogP contribution is 2.28. The number of unbranched alkanes of at least 4 members (excludes halogenated alkanes) is 3. The first-order valence-electron chi connectivity index (χ1n) is 6.71. The topological polar surface area (TPSA) is 72.5 Å². The molecule has 106 valence electrons. The molecule has 19 heavy (non-hydrogen) atoms. The van der Waals surface area contributed by atoms with Crippen LogP contribution < -0.4 is 10.5 Å². The molecule has 0 fully saturated rings. The number of methoxy groups -OCH3 is 1. The maximum atomic E-state index is 11.6. The van der Waals surface area contributed by atoms with Crippen LogP contribution in [0.25, 0.3) is 0 Å². The standard InChI is InChI=1S/C15H23NO3/c1-3-4-5-6-11-15(18,14(16)17)12-7-9-13(19-2)10-8-12/h7-10,18H,3-6,11H2,1-2H3,(H2,16,17). The first-order valence-corrected chi connectivity index (χ1v) is 6.71. The highest BCUT2D eigenvalue weighted by molar-refractivity contribution is 5.84. The summed E-state index contributed by atoms with van der Waals surface area (Å²) in [7, 11) is 1.57. The second-order valence-electron chi connectivity index (χ2n) is 4.76. The Morgan fingerprint density at radius 2 is 1.89 bits per heavy atom. The number of nitrogens with two attached hydrogens (primary N) is 1. The smallest absolute Gasteiger partial charge is 0.254 e. The van der Waals surface area contributed by atoms with Gasteiger partial charge in [-0.1, -0.05) is 38.3 Å². The lowest BCUT2D eigenvalue weighted by atomic mass is 9.87. The van der Waals surface area contributed by atoms with E-state index < -0.39 is 11.5 Å². The molecular weight excluding hydrogens is 242 g/mol. The Labute approximate surface area is 114 Å². The summed E-state index contributed by atoms with van der Waals surface area (Å²) in [5, 5.41) is 10.5. The van der Waals surface area contributed by atoms with Crippen molar-refractivity contribution in [3.05, 3.63) is 29.8 Å². The van der Waals surface area contributed by atoms with Gasteiger partial charge in [0.1, 0.15) is 5.75 Å². The third-order valence-corrected chi connectivity index (χ3v) is 3.37. The van der Waals surface area contributed by atoms with E-state index in [4.69, 9.17) is 10.5 Å². The predicted octanol–water partition coefficient (Wildman–Crippen LogP) is 2.34. The molecule has 1 unspecified atom stereocenters. The van der Waals surface area contributed by atoms with E-state index in [-0.39, 0.29) is 0 Å². The molecule has 0 aliphatic carbocycles. The van der Waals surface area contributed by atoms with Gasteiger partial charge in [-0.2, -0.15) is 0 Å². The number of hydrogen-bond donors (Lipinski definition) is 2. The van der Waals surface area contributed by atoms with Crippen LogP contribution in [0.4, 0.5) is 0 Å². The normalized spacial score (nSPS) is 13.8. The maximum Gasteiger partial charge on any atom is 0.254 e. The molecule has 0 saturated carbocycles. The van der Waals surface area contributed by atoms with E-state index in [1.807, 2.05) is 0 Å². The van der Waals surface area contributed by atoms with Gasteiger partial charge in [-0.25, -0.2) is 0 Å². The average Bonchev–Trinajstić information content (AvgIpc) is 2.43. The first kappa shape index (κ1) is 15.5. The molecule has 4 heteroatoms. The monoisotopic (exact) mass is 265 g/mol. The van der Waals surface area contributed by atoms with Crippen molar-refractivity contribution in [3.63, 3.8) is 0 Å². The second-order valence-corrected chi connectivity index (χ2v) is 4.76. The number of hydrogen-bond acceptors (Lipinski definition) is 3. The Morgan fingerprint density at radius 1 is 1.26 bits per heavy atom. The number of rotatable bonds is 8. The van der Waals surface area contributed by atoms with Crippen LogP contribution in [0.5, 0.6) is 5.75 Å². The van der Waals surface area contributed by atoms with Crippen molar-refractivity contribution in [2.75, 3.05) is 7.11 Å². The van der Waals surface area contributed by atoms with E-state index in [0.29, 0.717) is 17.7 Å². The number of primary amides is 1. The van der Waals surface area contributed by atoms with Gasteiger partial charge in [0.15, 0.2) is 5.60 Å². The molecule has 4 nitrogen and oxygen atoms in total. The van der Waals surface area contributed by atoms with Crippen molar-refractivity contribution in [1.82, 2.24) is 0 Å². The second kappa shape index (κ2) is 7.14. The number of carbonyl (C=O) groups excluding carboxylic acids is 1. The highest BCUT2D eigenvalue weighted by Gasteiger charge is 2.35. The molecule has 0 spiro atoms. The molecule has 0 bridgehead atoms. The minimum absolute atomic E-state index is 0.356. The van der Waals surface area contributed by atoms with Crippen LogP contribution in [0.2, 0.25) is 0 Å². The Balaban J connectivity index is 2.81. The lowest BCUT2D eigenvalue weighted by molar-refractivity contribution is -0.138. The van der Waals surface area contributed by atoms with Crippen molar-refractivity contribution in [2.45, 2.75) is 44.6 Å². The molecule has 0 aliphatic heterocycles. The number of benzene rings is 1. The molecule has 0 saturated heterocycles. The molecule has 1 aromatic carbocycles. The van der Waals surface area contributed by atoms with Crippen molar-refractivity contribution in [1.29, 1.82) is 0 Å². The molecule has 1 amide bonds. The number of carbonyl (C=O) groups is 1. The molecule has 1 aromatic rings. The van der Waals surface area contributed by atoms with Crippen LogP contribution in [0.15, 0.2) is 24.3 Å². The van der Waals surface area contributed by atoms with Gasteiger partial charge < -0.3 is 15.6 Å². The lowest BCUT2D eigenvalue weighted by Gasteiger charge is -2.25.